The third-order valence-electron chi connectivity index (χ3n) is 6.23. The molecule has 3 amide bonds. The number of piperidine rings is 1. The normalized spacial score (nSPS) is 15.0. The number of fused-ring (bicyclic) bond motifs is 1. The molecule has 1 saturated heterocycles. The lowest BCUT2D eigenvalue weighted by molar-refractivity contribution is -0.121. The second-order valence-electron chi connectivity index (χ2n) is 8.81. The van der Waals surface area contributed by atoms with Gasteiger partial charge in [-0.3, -0.25) is 14.4 Å². The van der Waals surface area contributed by atoms with Gasteiger partial charge in [0.1, 0.15) is 0 Å². The summed E-state index contributed by atoms with van der Waals surface area (Å²) in [4.78, 5) is 39.9. The molecule has 11 heteroatoms. The van der Waals surface area contributed by atoms with Crippen LogP contribution in [-0.2, 0) is 4.79 Å². The van der Waals surface area contributed by atoms with Crippen molar-refractivity contribution < 1.29 is 23.9 Å². The zero-order valence-corrected chi connectivity index (χ0v) is 20.7. The number of ether oxygens (including phenoxy) is 2. The quantitative estimate of drug-likeness (QED) is 0.541. The van der Waals surface area contributed by atoms with Crippen LogP contribution in [0.25, 0.3) is 0 Å². The van der Waals surface area contributed by atoms with Crippen LogP contribution < -0.4 is 20.1 Å². The van der Waals surface area contributed by atoms with Crippen LogP contribution in [0.4, 0.5) is 11.4 Å². The molecule has 0 radical (unpaired) electrons. The van der Waals surface area contributed by atoms with Crippen LogP contribution in [-0.4, -0.2) is 52.7 Å². The lowest BCUT2D eigenvalue weighted by atomic mass is 9.95. The number of carbonyl (C=O) groups excluding carboxylic acids is 3. The first-order chi connectivity index (χ1) is 17.4. The van der Waals surface area contributed by atoms with Crippen LogP contribution in [0.2, 0.25) is 0 Å². The average Bonchev–Trinajstić information content (AvgIpc) is 3.55. The summed E-state index contributed by atoms with van der Waals surface area (Å²) in [6.07, 6.45) is 1.11. The molecule has 0 atom stereocenters. The van der Waals surface area contributed by atoms with Crippen molar-refractivity contribution in [2.45, 2.75) is 26.7 Å². The van der Waals surface area contributed by atoms with E-state index in [1.54, 1.807) is 23.1 Å². The van der Waals surface area contributed by atoms with Crippen molar-refractivity contribution in [3.8, 4) is 11.5 Å². The molecule has 1 aromatic heterocycles. The highest BCUT2D eigenvalue weighted by molar-refractivity contribution is 7.15. The van der Waals surface area contributed by atoms with Gasteiger partial charge in [0, 0.05) is 36.4 Å². The van der Waals surface area contributed by atoms with Crippen LogP contribution in [0, 0.1) is 19.8 Å². The minimum Gasteiger partial charge on any atom is -0.454 e. The first kappa shape index (κ1) is 23.7. The Morgan fingerprint density at radius 3 is 2.47 bits per heavy atom. The molecular formula is C25H25N5O5S. The fraction of sp³-hybridized carbons (Fsp3) is 0.320. The van der Waals surface area contributed by atoms with Gasteiger partial charge in [0.2, 0.25) is 22.7 Å². The molecular weight excluding hydrogens is 482 g/mol. The Morgan fingerprint density at radius 1 is 0.944 bits per heavy atom. The van der Waals surface area contributed by atoms with Crippen LogP contribution in [0.5, 0.6) is 11.5 Å². The number of rotatable bonds is 5. The summed E-state index contributed by atoms with van der Waals surface area (Å²) in [5.41, 5.74) is 3.49. The van der Waals surface area contributed by atoms with E-state index in [2.05, 4.69) is 20.8 Å². The Labute approximate surface area is 211 Å². The first-order valence-corrected chi connectivity index (χ1v) is 12.4. The molecule has 1 fully saturated rings. The Kier molecular flexibility index (Phi) is 6.55. The molecule has 10 nitrogen and oxygen atoms in total. The molecule has 2 aliphatic rings. The molecule has 0 unspecified atom stereocenters. The van der Waals surface area contributed by atoms with Gasteiger partial charge in [0.05, 0.1) is 0 Å². The van der Waals surface area contributed by atoms with E-state index in [1.165, 1.54) is 0 Å². The Morgan fingerprint density at radius 2 is 1.69 bits per heavy atom. The van der Waals surface area contributed by atoms with E-state index in [0.29, 0.717) is 43.1 Å². The molecule has 3 heterocycles. The predicted octanol–water partition coefficient (Wildman–Crippen LogP) is 3.63. The Bertz CT molecular complexity index is 1330. The summed E-state index contributed by atoms with van der Waals surface area (Å²) in [5.74, 6) is 0.199. The van der Waals surface area contributed by atoms with E-state index in [0.717, 1.165) is 28.2 Å². The second kappa shape index (κ2) is 9.94. The van der Waals surface area contributed by atoms with Crippen molar-refractivity contribution >= 4 is 40.4 Å². The highest BCUT2D eigenvalue weighted by Gasteiger charge is 2.30. The Hall–Kier alpha value is -3.99. The monoisotopic (exact) mass is 507 g/mol. The number of carbonyl (C=O) groups is 3. The fourth-order valence-corrected chi connectivity index (χ4v) is 4.94. The molecule has 3 aromatic rings. The standard InChI is InChI=1S/C25H25N5O5S/c1-14-3-5-18(15(2)11-14)27-21(31)16-7-9-30(10-8-16)25(33)24-29-28-23(36-24)22(32)26-17-4-6-19-20(12-17)35-13-34-19/h3-6,11-12,16H,7-10,13H2,1-2H3,(H,26,32)(H,27,31). The van der Waals surface area contributed by atoms with Crippen LogP contribution >= 0.6 is 11.3 Å². The van der Waals surface area contributed by atoms with E-state index in [-0.39, 0.29) is 34.5 Å². The van der Waals surface area contributed by atoms with E-state index in [4.69, 9.17) is 9.47 Å². The molecule has 0 saturated carbocycles. The third-order valence-corrected chi connectivity index (χ3v) is 7.14. The number of anilines is 2. The maximum Gasteiger partial charge on any atom is 0.286 e. The van der Waals surface area contributed by atoms with Crippen LogP contribution in [0.15, 0.2) is 36.4 Å². The molecule has 0 aliphatic carbocycles. The summed E-state index contributed by atoms with van der Waals surface area (Å²) in [5, 5.41) is 13.8. The second-order valence-corrected chi connectivity index (χ2v) is 9.79. The zero-order chi connectivity index (χ0) is 25.2. The summed E-state index contributed by atoms with van der Waals surface area (Å²) < 4.78 is 10.6. The fourth-order valence-electron chi connectivity index (χ4n) is 4.23. The lowest BCUT2D eigenvalue weighted by Gasteiger charge is -2.30. The summed E-state index contributed by atoms with van der Waals surface area (Å²) in [6.45, 7) is 4.99. The van der Waals surface area contributed by atoms with Gasteiger partial charge in [-0.1, -0.05) is 29.0 Å². The number of hydrogen-bond acceptors (Lipinski definition) is 8. The van der Waals surface area contributed by atoms with Crippen molar-refractivity contribution in [1.29, 1.82) is 0 Å². The number of hydrogen-bond donors (Lipinski definition) is 2. The van der Waals surface area contributed by atoms with Crippen molar-refractivity contribution in [2.75, 3.05) is 30.5 Å². The van der Waals surface area contributed by atoms with E-state index in [9.17, 15) is 14.4 Å². The van der Waals surface area contributed by atoms with Gasteiger partial charge in [0.15, 0.2) is 11.5 Å². The average molecular weight is 508 g/mol. The van der Waals surface area contributed by atoms with Gasteiger partial charge < -0.3 is 25.0 Å². The van der Waals surface area contributed by atoms with E-state index >= 15 is 0 Å². The van der Waals surface area contributed by atoms with Crippen LogP contribution in [0.1, 0.15) is 43.6 Å². The summed E-state index contributed by atoms with van der Waals surface area (Å²) in [6, 6.07) is 11.0. The van der Waals surface area contributed by atoms with Crippen molar-refractivity contribution in [1.82, 2.24) is 15.1 Å². The number of amides is 3. The lowest BCUT2D eigenvalue weighted by Crippen LogP contribution is -2.41. The molecule has 2 aromatic carbocycles. The van der Waals surface area contributed by atoms with E-state index < -0.39 is 5.91 Å². The van der Waals surface area contributed by atoms with Crippen LogP contribution in [0.3, 0.4) is 0 Å². The summed E-state index contributed by atoms with van der Waals surface area (Å²) in [7, 11) is 0. The number of likely N-dealkylation sites (tertiary alicyclic amines) is 1. The number of benzene rings is 2. The first-order valence-electron chi connectivity index (χ1n) is 11.6. The molecule has 2 N–H and O–H groups in total. The largest absolute Gasteiger partial charge is 0.454 e. The molecule has 0 bridgehead atoms. The van der Waals surface area contributed by atoms with Gasteiger partial charge in [0.25, 0.3) is 11.8 Å². The number of nitrogens with zero attached hydrogens (tertiary/aromatic N) is 3. The van der Waals surface area contributed by atoms with Crippen molar-refractivity contribution in [2.24, 2.45) is 5.92 Å². The molecule has 0 spiro atoms. The number of aryl methyl sites for hydroxylation is 2. The van der Waals surface area contributed by atoms with Gasteiger partial charge in [-0.05, 0) is 50.5 Å². The summed E-state index contributed by atoms with van der Waals surface area (Å²) >= 11 is 0.938. The molecule has 186 valence electrons. The maximum atomic E-state index is 12.9. The highest BCUT2D eigenvalue weighted by atomic mass is 32.1. The van der Waals surface area contributed by atoms with Crippen molar-refractivity contribution in [3.05, 3.63) is 57.5 Å². The zero-order valence-electron chi connectivity index (χ0n) is 19.9. The number of nitrogens with one attached hydrogen (secondary N) is 2. The third kappa shape index (κ3) is 5.01. The topological polar surface area (TPSA) is 123 Å². The predicted molar refractivity (Wildman–Crippen MR) is 134 cm³/mol. The van der Waals surface area contributed by atoms with E-state index in [1.807, 2.05) is 32.0 Å². The smallest absolute Gasteiger partial charge is 0.286 e. The van der Waals surface area contributed by atoms with Gasteiger partial charge in [-0.25, -0.2) is 0 Å². The SMILES string of the molecule is Cc1ccc(NC(=O)C2CCN(C(=O)c3nnc(C(=O)Nc4ccc5c(c4)OCO5)s3)CC2)c(C)c1. The molecule has 5 rings (SSSR count). The maximum absolute atomic E-state index is 12.9. The minimum absolute atomic E-state index is 0.0348. The van der Waals surface area contributed by atoms with Gasteiger partial charge in [-0.15, -0.1) is 10.2 Å². The Balaban J connectivity index is 1.15. The highest BCUT2D eigenvalue weighted by Crippen LogP contribution is 2.34. The number of aromatic nitrogens is 2. The van der Waals surface area contributed by atoms with Gasteiger partial charge >= 0.3 is 0 Å². The van der Waals surface area contributed by atoms with Crippen molar-refractivity contribution in [3.63, 3.8) is 0 Å². The molecule has 36 heavy (non-hydrogen) atoms. The minimum atomic E-state index is -0.466. The molecule has 2 aliphatic heterocycles. The van der Waals surface area contributed by atoms with Gasteiger partial charge in [-0.2, -0.15) is 0 Å².